The van der Waals surface area contributed by atoms with E-state index in [1.54, 1.807) is 24.3 Å². The maximum absolute atomic E-state index is 12.4. The summed E-state index contributed by atoms with van der Waals surface area (Å²) in [5.74, 6) is 0. The predicted octanol–water partition coefficient (Wildman–Crippen LogP) is 5.88. The zero-order valence-corrected chi connectivity index (χ0v) is 14.5. The second-order valence-electron chi connectivity index (χ2n) is 4.87. The third-order valence-corrected chi connectivity index (χ3v) is 7.10. The van der Waals surface area contributed by atoms with Crippen molar-refractivity contribution in [2.45, 2.75) is 19.6 Å². The van der Waals surface area contributed by atoms with Crippen molar-refractivity contribution < 1.29 is 33.6 Å². The topological polar surface area (TPSA) is 34.1 Å². The Labute approximate surface area is 137 Å². The molecular weight excluding hydrogens is 397 g/mol. The van der Waals surface area contributed by atoms with E-state index in [4.69, 9.17) is 0 Å². The molecule has 0 aromatic heterocycles. The van der Waals surface area contributed by atoms with E-state index in [0.717, 1.165) is 9.79 Å². The molecule has 0 saturated heterocycles. The molecule has 0 bridgehead atoms. The van der Waals surface area contributed by atoms with Crippen molar-refractivity contribution >= 4 is 28.5 Å². The first-order valence-electron chi connectivity index (χ1n) is 6.23. The summed E-state index contributed by atoms with van der Waals surface area (Å²) < 4.78 is 84.1. The van der Waals surface area contributed by atoms with Crippen LogP contribution in [0.1, 0.15) is 0 Å². The van der Waals surface area contributed by atoms with E-state index in [0.29, 0.717) is 9.79 Å². The van der Waals surface area contributed by atoms with Crippen molar-refractivity contribution in [2.75, 3.05) is 6.26 Å². The predicted molar refractivity (Wildman–Crippen MR) is 81.7 cm³/mol. The summed E-state index contributed by atoms with van der Waals surface area (Å²) in [6.45, 7) is 0. The molecular formula is C13H11F6O2PS2. The van der Waals surface area contributed by atoms with Crippen LogP contribution in [0.3, 0.4) is 0 Å². The molecule has 11 heteroatoms. The quantitative estimate of drug-likeness (QED) is 0.310. The van der Waals surface area contributed by atoms with Gasteiger partial charge in [-0.05, 0) is 24.3 Å². The van der Waals surface area contributed by atoms with Crippen molar-refractivity contribution in [3.63, 3.8) is 0 Å². The molecule has 2 aromatic rings. The summed E-state index contributed by atoms with van der Waals surface area (Å²) in [4.78, 5) is 2.77. The number of hydrogen-bond acceptors (Lipinski definition) is 2. The van der Waals surface area contributed by atoms with Gasteiger partial charge in [0.25, 0.3) is 0 Å². The first-order chi connectivity index (χ1) is 10.6. The Morgan fingerprint density at radius 3 is 1.38 bits per heavy atom. The Kier molecular flexibility index (Phi) is 4.07. The molecule has 2 aromatic carbocycles. The molecule has 3 rings (SSSR count). The molecule has 2 nitrogen and oxygen atoms in total. The minimum absolute atomic E-state index is 0.166. The number of rotatable bonds is 0. The molecule has 134 valence electrons. The van der Waals surface area contributed by atoms with E-state index >= 15 is 0 Å². The Balaban J connectivity index is 0.000000256. The summed E-state index contributed by atoms with van der Waals surface area (Å²) in [6.07, 6.45) is 2.08. The number of hydrogen-bond donors (Lipinski definition) is 0. The number of benzene rings is 2. The average Bonchev–Trinajstić information content (AvgIpc) is 2.42. The van der Waals surface area contributed by atoms with Gasteiger partial charge in [0, 0.05) is 0 Å². The zero-order chi connectivity index (χ0) is 18.5. The van der Waals surface area contributed by atoms with Gasteiger partial charge in [0.15, 0.2) is 9.79 Å². The van der Waals surface area contributed by atoms with Gasteiger partial charge in [0.1, 0.15) is 16.0 Å². The zero-order valence-electron chi connectivity index (χ0n) is 12.0. The second kappa shape index (κ2) is 5.12. The van der Waals surface area contributed by atoms with Crippen molar-refractivity contribution in [3.8, 4) is 0 Å². The summed E-state index contributed by atoms with van der Waals surface area (Å²) >= 11 is 0. The van der Waals surface area contributed by atoms with E-state index in [1.165, 1.54) is 0 Å². The van der Waals surface area contributed by atoms with Crippen LogP contribution in [0.5, 0.6) is 0 Å². The van der Waals surface area contributed by atoms with Crippen molar-refractivity contribution in [2.24, 2.45) is 0 Å². The van der Waals surface area contributed by atoms with Gasteiger partial charge in [0.05, 0.1) is 10.9 Å². The van der Waals surface area contributed by atoms with Gasteiger partial charge >= 0.3 is 33.0 Å². The number of fused-ring (bicyclic) bond motifs is 2. The van der Waals surface area contributed by atoms with Crippen molar-refractivity contribution in [1.82, 2.24) is 0 Å². The first kappa shape index (κ1) is 19.1. The van der Waals surface area contributed by atoms with Gasteiger partial charge in [-0.25, -0.2) is 8.42 Å². The molecule has 24 heavy (non-hydrogen) atoms. The Morgan fingerprint density at radius 1 is 0.750 bits per heavy atom. The molecule has 0 aliphatic carbocycles. The molecule has 0 saturated carbocycles. The molecule has 0 atom stereocenters. The fourth-order valence-electron chi connectivity index (χ4n) is 2.09. The summed E-state index contributed by atoms with van der Waals surface area (Å²) in [5, 5.41) is 0. The third kappa shape index (κ3) is 4.87. The first-order valence-corrected chi connectivity index (χ1v) is 11.4. The van der Waals surface area contributed by atoms with Crippen LogP contribution in [0, 0.1) is 0 Å². The molecule has 1 aliphatic heterocycles. The normalized spacial score (nSPS) is 19.0. The average molecular weight is 408 g/mol. The van der Waals surface area contributed by atoms with Gasteiger partial charge in [-0.1, -0.05) is 24.3 Å². The van der Waals surface area contributed by atoms with Gasteiger partial charge in [-0.2, -0.15) is 0 Å². The molecule has 1 aliphatic rings. The van der Waals surface area contributed by atoms with Crippen LogP contribution in [-0.4, -0.2) is 14.7 Å². The standard InChI is InChI=1S/C13H11O2S2.F6P/c1-16-10-6-2-4-8-12(10)17(14,15)13-9-5-3-7-11(13)16;1-7(2,3,4,5)6/h2-9H,1H3;/q+1;-1. The Bertz CT molecular complexity index is 829. The van der Waals surface area contributed by atoms with E-state index in [1.807, 2.05) is 24.3 Å². The maximum atomic E-state index is 12.4. The summed E-state index contributed by atoms with van der Waals surface area (Å²) in [5.41, 5.74) is 0. The van der Waals surface area contributed by atoms with Crippen molar-refractivity contribution in [1.29, 1.82) is 0 Å². The summed E-state index contributed by atoms with van der Waals surface area (Å²) in [7, 11) is -14.2. The number of halogens is 6. The van der Waals surface area contributed by atoms with Crippen LogP contribution in [0.15, 0.2) is 68.1 Å². The van der Waals surface area contributed by atoms with E-state index < -0.39 is 17.6 Å². The molecule has 0 fully saturated rings. The molecule has 0 spiro atoms. The van der Waals surface area contributed by atoms with Gasteiger partial charge < -0.3 is 0 Å². The van der Waals surface area contributed by atoms with E-state index in [9.17, 15) is 33.6 Å². The van der Waals surface area contributed by atoms with Gasteiger partial charge in [-0.15, -0.1) is 0 Å². The third-order valence-electron chi connectivity index (χ3n) is 2.94. The van der Waals surface area contributed by atoms with Crippen LogP contribution in [0.4, 0.5) is 25.2 Å². The fourth-order valence-corrected chi connectivity index (χ4v) is 6.46. The van der Waals surface area contributed by atoms with Crippen LogP contribution in [0.2, 0.25) is 0 Å². The molecule has 0 radical (unpaired) electrons. The van der Waals surface area contributed by atoms with Crippen LogP contribution in [0.25, 0.3) is 0 Å². The van der Waals surface area contributed by atoms with Gasteiger partial charge in [-0.3, -0.25) is 0 Å². The van der Waals surface area contributed by atoms with E-state index in [-0.39, 0.29) is 10.9 Å². The van der Waals surface area contributed by atoms with Crippen LogP contribution >= 0.6 is 7.81 Å². The second-order valence-corrected chi connectivity index (χ2v) is 10.6. The minimum atomic E-state index is -10.7. The van der Waals surface area contributed by atoms with Crippen LogP contribution < -0.4 is 0 Å². The van der Waals surface area contributed by atoms with E-state index in [2.05, 4.69) is 6.26 Å². The van der Waals surface area contributed by atoms with Crippen LogP contribution in [-0.2, 0) is 20.7 Å². The Hall–Kier alpha value is -1.25. The molecule has 0 N–H and O–H groups in total. The number of sulfone groups is 1. The molecule has 1 heterocycles. The monoisotopic (exact) mass is 408 g/mol. The Morgan fingerprint density at radius 2 is 1.04 bits per heavy atom. The van der Waals surface area contributed by atoms with Gasteiger partial charge in [0.2, 0.25) is 9.84 Å². The van der Waals surface area contributed by atoms with Crippen molar-refractivity contribution in [3.05, 3.63) is 48.5 Å². The molecule has 0 unspecified atom stereocenters. The SMILES string of the molecule is C[S+]1c2ccccc2S(=O)(=O)c2ccccc21.F[P-](F)(F)(F)(F)F. The molecule has 0 amide bonds. The summed E-state index contributed by atoms with van der Waals surface area (Å²) in [6, 6.07) is 14.6. The fraction of sp³-hybridized carbons (Fsp3) is 0.0769.